The monoisotopic (exact) mass is 533 g/mol. The van der Waals surface area contributed by atoms with Crippen molar-refractivity contribution in [1.82, 2.24) is 9.97 Å². The summed E-state index contributed by atoms with van der Waals surface area (Å²) in [7, 11) is 4.42. The average molecular weight is 534 g/mol. The highest BCUT2D eigenvalue weighted by atomic mass is 35.5. The second kappa shape index (κ2) is 9.75. The van der Waals surface area contributed by atoms with Crippen LogP contribution in [0.25, 0.3) is 16.8 Å². The summed E-state index contributed by atoms with van der Waals surface area (Å²) in [4.78, 5) is 36.0. The number of ketones is 1. The summed E-state index contributed by atoms with van der Waals surface area (Å²) in [5, 5.41) is 11.8. The molecule has 0 bridgehead atoms. The SMILES string of the molecule is COc1ccc(C2/C(=C(\O)c3cc(Cl)ccc3OC)C(=O)C(=O)N2c2nc3ccc(C)cc3[nH]2)cc1OC. The van der Waals surface area contributed by atoms with Gasteiger partial charge in [0.15, 0.2) is 11.5 Å². The lowest BCUT2D eigenvalue weighted by atomic mass is 9.94. The number of amides is 1. The first-order chi connectivity index (χ1) is 18.3. The molecule has 0 spiro atoms. The third kappa shape index (κ3) is 4.10. The van der Waals surface area contributed by atoms with Crippen molar-refractivity contribution in [2.75, 3.05) is 26.2 Å². The number of carbonyl (C=O) groups is 2. The summed E-state index contributed by atoms with van der Waals surface area (Å²) in [5.74, 6) is -0.894. The van der Waals surface area contributed by atoms with E-state index in [4.69, 9.17) is 25.8 Å². The first kappa shape index (κ1) is 25.2. The van der Waals surface area contributed by atoms with Gasteiger partial charge in [-0.3, -0.25) is 14.5 Å². The van der Waals surface area contributed by atoms with Crippen LogP contribution in [0.3, 0.4) is 0 Å². The van der Waals surface area contributed by atoms with E-state index in [0.29, 0.717) is 33.1 Å². The van der Waals surface area contributed by atoms with Crippen LogP contribution in [0.1, 0.15) is 22.7 Å². The van der Waals surface area contributed by atoms with Crippen molar-refractivity contribution in [3.63, 3.8) is 0 Å². The van der Waals surface area contributed by atoms with E-state index in [0.717, 1.165) is 5.56 Å². The van der Waals surface area contributed by atoms with Gasteiger partial charge in [0.05, 0.1) is 49.5 Å². The highest BCUT2D eigenvalue weighted by molar-refractivity contribution is 6.51. The summed E-state index contributed by atoms with van der Waals surface area (Å²) in [6.45, 7) is 1.94. The van der Waals surface area contributed by atoms with Crippen molar-refractivity contribution in [2.24, 2.45) is 0 Å². The number of halogens is 1. The van der Waals surface area contributed by atoms with E-state index in [9.17, 15) is 14.7 Å². The van der Waals surface area contributed by atoms with E-state index in [1.807, 2.05) is 25.1 Å². The molecule has 0 saturated carbocycles. The first-order valence-electron chi connectivity index (χ1n) is 11.6. The third-order valence-electron chi connectivity index (χ3n) is 6.44. The number of H-pyrrole nitrogens is 1. The number of nitrogens with zero attached hydrogens (tertiary/aromatic N) is 2. The number of carbonyl (C=O) groups excluding carboxylic acids is 2. The zero-order valence-corrected chi connectivity index (χ0v) is 21.8. The molecule has 1 aliphatic heterocycles. The number of methoxy groups -OCH3 is 3. The van der Waals surface area contributed by atoms with Crippen LogP contribution >= 0.6 is 11.6 Å². The fraction of sp³-hybridized carbons (Fsp3) is 0.179. The number of anilines is 1. The van der Waals surface area contributed by atoms with Crippen LogP contribution in [0.15, 0.2) is 60.2 Å². The van der Waals surface area contributed by atoms with Gasteiger partial charge in [0.1, 0.15) is 11.5 Å². The smallest absolute Gasteiger partial charge is 0.302 e. The average Bonchev–Trinajstić information content (AvgIpc) is 3.45. The molecule has 1 saturated heterocycles. The molecule has 1 unspecified atom stereocenters. The lowest BCUT2D eigenvalue weighted by molar-refractivity contribution is -0.132. The zero-order chi connectivity index (χ0) is 27.1. The quantitative estimate of drug-likeness (QED) is 0.199. The molecule has 194 valence electrons. The largest absolute Gasteiger partial charge is 0.507 e. The fourth-order valence-corrected chi connectivity index (χ4v) is 4.80. The highest BCUT2D eigenvalue weighted by Gasteiger charge is 2.48. The molecule has 0 aliphatic carbocycles. The van der Waals surface area contributed by atoms with Gasteiger partial charge in [0.2, 0.25) is 5.95 Å². The Labute approximate surface area is 223 Å². The number of fused-ring (bicyclic) bond motifs is 1. The molecule has 2 N–H and O–H groups in total. The molecular formula is C28H24ClN3O6. The number of hydrogen-bond acceptors (Lipinski definition) is 7. The molecule has 38 heavy (non-hydrogen) atoms. The predicted molar refractivity (Wildman–Crippen MR) is 143 cm³/mol. The van der Waals surface area contributed by atoms with Gasteiger partial charge in [-0.05, 0) is 60.5 Å². The minimum atomic E-state index is -1.06. The number of rotatable bonds is 6. The predicted octanol–water partition coefficient (Wildman–Crippen LogP) is 5.18. The van der Waals surface area contributed by atoms with Crippen LogP contribution in [0, 0.1) is 6.92 Å². The highest BCUT2D eigenvalue weighted by Crippen LogP contribution is 2.45. The number of Topliss-reactive ketones (excluding diaryl/α,β-unsaturated/α-hetero) is 1. The normalized spacial score (nSPS) is 16.8. The van der Waals surface area contributed by atoms with Gasteiger partial charge in [0.25, 0.3) is 5.78 Å². The van der Waals surface area contributed by atoms with E-state index in [2.05, 4.69) is 9.97 Å². The Bertz CT molecular complexity index is 1630. The lowest BCUT2D eigenvalue weighted by Crippen LogP contribution is -2.30. The summed E-state index contributed by atoms with van der Waals surface area (Å²) >= 11 is 6.20. The van der Waals surface area contributed by atoms with Crippen molar-refractivity contribution < 1.29 is 28.9 Å². The van der Waals surface area contributed by atoms with Crippen molar-refractivity contribution in [1.29, 1.82) is 0 Å². The standard InChI is InChI=1S/C28H24ClN3O6/c1-14-5-8-18-19(11-14)31-28(30-18)32-24(15-6-9-21(37-3)22(12-15)38-4)23(26(34)27(32)35)25(33)17-13-16(29)7-10-20(17)36-2/h5-13,24,33H,1-4H3,(H,30,31)/b25-23+. The number of aromatic nitrogens is 2. The Kier molecular flexibility index (Phi) is 6.46. The maximum absolute atomic E-state index is 13.5. The molecule has 2 heterocycles. The zero-order valence-electron chi connectivity index (χ0n) is 21.0. The van der Waals surface area contributed by atoms with Crippen molar-refractivity contribution in [3.8, 4) is 17.2 Å². The molecule has 1 aliphatic rings. The fourth-order valence-electron chi connectivity index (χ4n) is 4.62. The molecule has 1 aromatic heterocycles. The first-order valence-corrected chi connectivity index (χ1v) is 12.0. The van der Waals surface area contributed by atoms with Gasteiger partial charge in [-0.15, -0.1) is 0 Å². The second-order valence-electron chi connectivity index (χ2n) is 8.71. The van der Waals surface area contributed by atoms with Gasteiger partial charge in [-0.2, -0.15) is 0 Å². The Balaban J connectivity index is 1.78. The summed E-state index contributed by atoms with van der Waals surface area (Å²) in [5.41, 5.74) is 2.82. The van der Waals surface area contributed by atoms with Crippen molar-refractivity contribution >= 4 is 46.0 Å². The van der Waals surface area contributed by atoms with Gasteiger partial charge in [-0.1, -0.05) is 23.7 Å². The molecule has 1 fully saturated rings. The summed E-state index contributed by atoms with van der Waals surface area (Å²) in [6.07, 6.45) is 0. The lowest BCUT2D eigenvalue weighted by Gasteiger charge is -2.24. The van der Waals surface area contributed by atoms with E-state index < -0.39 is 23.5 Å². The molecule has 1 amide bonds. The molecule has 10 heteroatoms. The topological polar surface area (TPSA) is 114 Å². The number of ether oxygens (including phenoxy) is 3. The van der Waals surface area contributed by atoms with Crippen LogP contribution < -0.4 is 19.1 Å². The summed E-state index contributed by atoms with van der Waals surface area (Å²) < 4.78 is 16.2. The van der Waals surface area contributed by atoms with Gasteiger partial charge < -0.3 is 24.3 Å². The molecule has 9 nitrogen and oxygen atoms in total. The van der Waals surface area contributed by atoms with Crippen LogP contribution in [-0.4, -0.2) is 48.1 Å². The molecule has 5 rings (SSSR count). The van der Waals surface area contributed by atoms with Crippen LogP contribution in [0.5, 0.6) is 17.2 Å². The number of aromatic amines is 1. The third-order valence-corrected chi connectivity index (χ3v) is 6.67. The molecular weight excluding hydrogens is 510 g/mol. The Morgan fingerprint density at radius 3 is 2.37 bits per heavy atom. The maximum atomic E-state index is 13.5. The Morgan fingerprint density at radius 2 is 1.66 bits per heavy atom. The van der Waals surface area contributed by atoms with Crippen LogP contribution in [0.4, 0.5) is 5.95 Å². The number of hydrogen-bond donors (Lipinski definition) is 2. The second-order valence-corrected chi connectivity index (χ2v) is 9.15. The maximum Gasteiger partial charge on any atom is 0.302 e. The Morgan fingerprint density at radius 1 is 0.947 bits per heavy atom. The number of aliphatic hydroxyl groups excluding tert-OH is 1. The van der Waals surface area contributed by atoms with Crippen molar-refractivity contribution in [3.05, 3.63) is 81.9 Å². The number of aliphatic hydroxyl groups is 1. The summed E-state index contributed by atoms with van der Waals surface area (Å²) in [6, 6.07) is 14.2. The minimum absolute atomic E-state index is 0.153. The Hall–Kier alpha value is -4.50. The van der Waals surface area contributed by atoms with Crippen molar-refractivity contribution in [2.45, 2.75) is 13.0 Å². The van der Waals surface area contributed by atoms with E-state index >= 15 is 0 Å². The van der Waals surface area contributed by atoms with Gasteiger partial charge in [-0.25, -0.2) is 4.98 Å². The molecule has 3 aromatic carbocycles. The van der Waals surface area contributed by atoms with E-state index in [-0.39, 0.29) is 22.8 Å². The number of benzene rings is 3. The molecule has 1 atom stereocenters. The number of aryl methyl sites for hydroxylation is 1. The molecule has 0 radical (unpaired) electrons. The van der Waals surface area contributed by atoms with Gasteiger partial charge in [0, 0.05) is 5.02 Å². The number of imidazole rings is 1. The molecule has 4 aromatic rings. The van der Waals surface area contributed by atoms with E-state index in [1.54, 1.807) is 30.3 Å². The van der Waals surface area contributed by atoms with E-state index in [1.165, 1.54) is 32.3 Å². The number of nitrogens with one attached hydrogen (secondary N) is 1. The van der Waals surface area contributed by atoms with Crippen LogP contribution in [0.2, 0.25) is 5.02 Å². The van der Waals surface area contributed by atoms with Gasteiger partial charge >= 0.3 is 5.91 Å². The minimum Gasteiger partial charge on any atom is -0.507 e. The van der Waals surface area contributed by atoms with Crippen LogP contribution in [-0.2, 0) is 9.59 Å².